The van der Waals surface area contributed by atoms with Gasteiger partial charge in [-0.15, -0.1) is 0 Å². The van der Waals surface area contributed by atoms with E-state index < -0.39 is 8.60 Å². The van der Waals surface area contributed by atoms with Crippen molar-refractivity contribution in [2.24, 2.45) is 35.5 Å². The Balaban J connectivity index is 1.93. The van der Waals surface area contributed by atoms with E-state index in [-0.39, 0.29) is 12.2 Å². The lowest BCUT2D eigenvalue weighted by Crippen LogP contribution is -2.35. The smallest absolute Gasteiger partial charge is 0.328 e. The van der Waals surface area contributed by atoms with Gasteiger partial charge in [0.15, 0.2) is 0 Å². The molecule has 0 amide bonds. The summed E-state index contributed by atoms with van der Waals surface area (Å²) in [5.74, 6) is 3.67. The zero-order valence-electron chi connectivity index (χ0n) is 16.6. The molecule has 0 saturated heterocycles. The molecule has 0 bridgehead atoms. The average molecular weight is 359 g/mol. The highest BCUT2D eigenvalue weighted by Gasteiger charge is 2.37. The Bertz CT molecular complexity index is 340. The molecule has 2 aliphatic rings. The summed E-state index contributed by atoms with van der Waals surface area (Å²) in [6, 6.07) is 0. The van der Waals surface area contributed by atoms with E-state index >= 15 is 0 Å². The molecule has 0 radical (unpaired) electrons. The molecule has 0 aromatic rings. The van der Waals surface area contributed by atoms with Gasteiger partial charge in [-0.25, -0.2) is 0 Å². The first-order valence-corrected chi connectivity index (χ1v) is 11.2. The molecule has 2 fully saturated rings. The quantitative estimate of drug-likeness (QED) is 0.578. The van der Waals surface area contributed by atoms with Crippen LogP contribution in [0.15, 0.2) is 0 Å². The summed E-state index contributed by atoms with van der Waals surface area (Å²) in [5, 5.41) is 0. The normalized spacial score (nSPS) is 39.4. The van der Waals surface area contributed by atoms with Crippen molar-refractivity contribution < 1.29 is 13.9 Å². The summed E-state index contributed by atoms with van der Waals surface area (Å²) in [4.78, 5) is 10.5. The maximum absolute atomic E-state index is 10.5. The SMILES string of the molecule is CC1CCC(C(C)C)C(OP(O)OC2CC(C)CCC2C(C)C)C1. The van der Waals surface area contributed by atoms with Crippen LogP contribution in [0.1, 0.15) is 80.1 Å². The molecule has 6 unspecified atom stereocenters. The van der Waals surface area contributed by atoms with E-state index in [1.165, 1.54) is 25.7 Å². The number of rotatable bonds is 6. The van der Waals surface area contributed by atoms with Gasteiger partial charge in [0.25, 0.3) is 0 Å². The van der Waals surface area contributed by atoms with Crippen molar-refractivity contribution in [2.75, 3.05) is 0 Å². The number of hydrogen-bond acceptors (Lipinski definition) is 3. The van der Waals surface area contributed by atoms with E-state index in [0.29, 0.717) is 35.5 Å². The maximum Gasteiger partial charge on any atom is 0.330 e. The molecule has 6 atom stereocenters. The minimum atomic E-state index is -1.77. The molecule has 0 spiro atoms. The second-order valence-electron chi connectivity index (χ2n) is 9.18. The molecule has 3 nitrogen and oxygen atoms in total. The summed E-state index contributed by atoms with van der Waals surface area (Å²) in [5.41, 5.74) is 0. The Morgan fingerprint density at radius 2 is 1.12 bits per heavy atom. The van der Waals surface area contributed by atoms with Gasteiger partial charge < -0.3 is 13.9 Å². The van der Waals surface area contributed by atoms with Crippen molar-refractivity contribution >= 4 is 8.60 Å². The largest absolute Gasteiger partial charge is 0.330 e. The minimum Gasteiger partial charge on any atom is -0.328 e. The lowest BCUT2D eigenvalue weighted by molar-refractivity contribution is -0.00447. The Morgan fingerprint density at radius 1 is 0.750 bits per heavy atom. The Hall–Kier alpha value is 0.310. The predicted molar refractivity (Wildman–Crippen MR) is 102 cm³/mol. The molecule has 0 aromatic carbocycles. The first-order chi connectivity index (χ1) is 11.3. The molecule has 2 rings (SSSR count). The standard InChI is InChI=1S/C20H39O3P/c1-13(2)17-9-7-15(5)11-19(17)22-24(21)23-20-12-16(6)8-10-18(20)14(3)4/h13-21H,7-12H2,1-6H3. The van der Waals surface area contributed by atoms with Crippen molar-refractivity contribution in [2.45, 2.75) is 92.3 Å². The summed E-state index contributed by atoms with van der Waals surface area (Å²) < 4.78 is 12.2. The molecular weight excluding hydrogens is 319 g/mol. The third-order valence-corrected chi connectivity index (χ3v) is 7.28. The summed E-state index contributed by atoms with van der Waals surface area (Å²) in [6.07, 6.45) is 7.40. The molecule has 2 saturated carbocycles. The highest BCUT2D eigenvalue weighted by Crippen LogP contribution is 2.47. The van der Waals surface area contributed by atoms with Gasteiger partial charge in [0.2, 0.25) is 0 Å². The molecule has 4 heteroatoms. The number of hydrogen-bond donors (Lipinski definition) is 1. The Labute approximate surface area is 150 Å². The van der Waals surface area contributed by atoms with E-state index in [2.05, 4.69) is 41.5 Å². The van der Waals surface area contributed by atoms with Crippen molar-refractivity contribution in [3.63, 3.8) is 0 Å². The van der Waals surface area contributed by atoms with Crippen LogP contribution in [0.3, 0.4) is 0 Å². The van der Waals surface area contributed by atoms with Gasteiger partial charge in [0, 0.05) is 0 Å². The lowest BCUT2D eigenvalue weighted by atomic mass is 9.75. The van der Waals surface area contributed by atoms with Crippen LogP contribution >= 0.6 is 8.60 Å². The highest BCUT2D eigenvalue weighted by molar-refractivity contribution is 7.40. The van der Waals surface area contributed by atoms with E-state index in [1.54, 1.807) is 0 Å². The maximum atomic E-state index is 10.5. The topological polar surface area (TPSA) is 38.7 Å². The molecule has 142 valence electrons. The van der Waals surface area contributed by atoms with E-state index in [0.717, 1.165) is 12.8 Å². The molecule has 24 heavy (non-hydrogen) atoms. The van der Waals surface area contributed by atoms with Crippen LogP contribution in [0.4, 0.5) is 0 Å². The fourth-order valence-corrected chi connectivity index (χ4v) is 5.73. The van der Waals surface area contributed by atoms with Crippen LogP contribution in [0.25, 0.3) is 0 Å². The van der Waals surface area contributed by atoms with Gasteiger partial charge in [0.1, 0.15) is 0 Å². The van der Waals surface area contributed by atoms with Crippen LogP contribution in [0.2, 0.25) is 0 Å². The van der Waals surface area contributed by atoms with Gasteiger partial charge in [0.05, 0.1) is 12.2 Å². The first kappa shape index (κ1) is 20.6. The Kier molecular flexibility index (Phi) is 8.00. The van der Waals surface area contributed by atoms with Crippen LogP contribution in [0.5, 0.6) is 0 Å². The zero-order valence-corrected chi connectivity index (χ0v) is 17.5. The predicted octanol–water partition coefficient (Wildman–Crippen LogP) is 6.16. The van der Waals surface area contributed by atoms with E-state index in [1.807, 2.05) is 0 Å². The zero-order chi connectivity index (χ0) is 17.9. The van der Waals surface area contributed by atoms with Crippen LogP contribution < -0.4 is 0 Å². The van der Waals surface area contributed by atoms with Gasteiger partial charge in [-0.2, -0.15) is 0 Å². The summed E-state index contributed by atoms with van der Waals surface area (Å²) >= 11 is 0. The first-order valence-electron chi connectivity index (χ1n) is 10.1. The van der Waals surface area contributed by atoms with Crippen LogP contribution in [-0.4, -0.2) is 17.1 Å². The molecule has 0 aromatic heterocycles. The molecule has 0 aliphatic heterocycles. The third-order valence-electron chi connectivity index (χ3n) is 6.37. The third kappa shape index (κ3) is 5.66. The van der Waals surface area contributed by atoms with Crippen molar-refractivity contribution in [1.82, 2.24) is 0 Å². The van der Waals surface area contributed by atoms with E-state index in [9.17, 15) is 4.89 Å². The molecule has 0 heterocycles. The van der Waals surface area contributed by atoms with Gasteiger partial charge in [-0.3, -0.25) is 0 Å². The van der Waals surface area contributed by atoms with Crippen molar-refractivity contribution in [3.8, 4) is 0 Å². The fraction of sp³-hybridized carbons (Fsp3) is 1.00. The van der Waals surface area contributed by atoms with E-state index in [4.69, 9.17) is 9.05 Å². The van der Waals surface area contributed by atoms with Gasteiger partial charge >= 0.3 is 8.60 Å². The molecule has 1 N–H and O–H groups in total. The molecule has 2 aliphatic carbocycles. The second-order valence-corrected chi connectivity index (χ2v) is 10.1. The monoisotopic (exact) mass is 358 g/mol. The van der Waals surface area contributed by atoms with Gasteiger partial charge in [-0.1, -0.05) is 54.4 Å². The van der Waals surface area contributed by atoms with Crippen molar-refractivity contribution in [3.05, 3.63) is 0 Å². The van der Waals surface area contributed by atoms with Crippen molar-refractivity contribution in [1.29, 1.82) is 0 Å². The average Bonchev–Trinajstić information content (AvgIpc) is 2.46. The van der Waals surface area contributed by atoms with Gasteiger partial charge in [-0.05, 0) is 61.2 Å². The minimum absolute atomic E-state index is 0.156. The second kappa shape index (κ2) is 9.31. The Morgan fingerprint density at radius 3 is 1.46 bits per heavy atom. The molecular formula is C20H39O3P. The summed E-state index contributed by atoms with van der Waals surface area (Å²) in [7, 11) is -1.77. The summed E-state index contributed by atoms with van der Waals surface area (Å²) in [6.45, 7) is 13.7. The fourth-order valence-electron chi connectivity index (χ4n) is 4.73. The van der Waals surface area contributed by atoms with Crippen LogP contribution in [0, 0.1) is 35.5 Å². The lowest BCUT2D eigenvalue weighted by Gasteiger charge is -2.40. The highest BCUT2D eigenvalue weighted by atomic mass is 31.2. The van der Waals surface area contributed by atoms with Crippen LogP contribution in [-0.2, 0) is 9.05 Å².